The van der Waals surface area contributed by atoms with Gasteiger partial charge in [-0.3, -0.25) is 4.98 Å². The molecule has 0 aliphatic carbocycles. The molecule has 1 unspecified atom stereocenters. The number of pyridine rings is 1. The van der Waals surface area contributed by atoms with Crippen molar-refractivity contribution in [2.24, 2.45) is 0 Å². The van der Waals surface area contributed by atoms with Crippen molar-refractivity contribution in [1.82, 2.24) is 10.3 Å². The Balaban J connectivity index is 2.38. The van der Waals surface area contributed by atoms with Gasteiger partial charge in [0.15, 0.2) is 0 Å². The van der Waals surface area contributed by atoms with Crippen LogP contribution in [-0.4, -0.2) is 17.6 Å². The predicted octanol–water partition coefficient (Wildman–Crippen LogP) is 4.34. The average Bonchev–Trinajstić information content (AvgIpc) is 2.37. The average molecular weight is 313 g/mol. The number of aromatic nitrogens is 1. The molecular formula is C15H25BrN2. The van der Waals surface area contributed by atoms with Gasteiger partial charge in [0.05, 0.1) is 0 Å². The van der Waals surface area contributed by atoms with Crippen molar-refractivity contribution >= 4 is 15.9 Å². The number of nitrogens with zero attached hydrogens (tertiary/aromatic N) is 1. The van der Waals surface area contributed by atoms with Crippen molar-refractivity contribution in [2.45, 2.75) is 58.4 Å². The van der Waals surface area contributed by atoms with Gasteiger partial charge in [-0.1, -0.05) is 39.5 Å². The van der Waals surface area contributed by atoms with Crippen LogP contribution < -0.4 is 5.32 Å². The summed E-state index contributed by atoms with van der Waals surface area (Å²) in [6.45, 7) is 5.47. The van der Waals surface area contributed by atoms with E-state index in [4.69, 9.17) is 0 Å². The Kier molecular flexibility index (Phi) is 8.27. The van der Waals surface area contributed by atoms with E-state index in [9.17, 15) is 0 Å². The van der Waals surface area contributed by atoms with Crippen LogP contribution in [0.4, 0.5) is 0 Å². The molecule has 3 heteroatoms. The SMILES string of the molecule is CCCCCCC(Cc1ccc(Br)cn1)NCC. The molecule has 1 rings (SSSR count). The van der Waals surface area contributed by atoms with Crippen LogP contribution in [0.25, 0.3) is 0 Å². The molecule has 0 aliphatic heterocycles. The summed E-state index contributed by atoms with van der Waals surface area (Å²) in [5.74, 6) is 0. The van der Waals surface area contributed by atoms with Crippen LogP contribution in [0.1, 0.15) is 51.6 Å². The topological polar surface area (TPSA) is 24.9 Å². The lowest BCUT2D eigenvalue weighted by atomic mass is 10.0. The Hall–Kier alpha value is -0.410. The fourth-order valence-corrected chi connectivity index (χ4v) is 2.40. The van der Waals surface area contributed by atoms with Crippen LogP contribution in [0.2, 0.25) is 0 Å². The van der Waals surface area contributed by atoms with E-state index in [0.29, 0.717) is 6.04 Å². The van der Waals surface area contributed by atoms with E-state index in [1.54, 1.807) is 0 Å². The summed E-state index contributed by atoms with van der Waals surface area (Å²) in [5.41, 5.74) is 1.18. The third-order valence-electron chi connectivity index (χ3n) is 3.14. The molecule has 1 aromatic rings. The minimum absolute atomic E-state index is 0.570. The second-order valence-corrected chi connectivity index (χ2v) is 5.69. The number of hydrogen-bond donors (Lipinski definition) is 1. The largest absolute Gasteiger partial charge is 0.314 e. The molecule has 0 fully saturated rings. The van der Waals surface area contributed by atoms with E-state index in [1.807, 2.05) is 6.20 Å². The molecule has 1 atom stereocenters. The van der Waals surface area contributed by atoms with E-state index >= 15 is 0 Å². The van der Waals surface area contributed by atoms with Gasteiger partial charge in [-0.05, 0) is 41.0 Å². The number of halogens is 1. The van der Waals surface area contributed by atoms with E-state index < -0.39 is 0 Å². The normalized spacial score (nSPS) is 12.6. The molecule has 1 heterocycles. The molecule has 1 aromatic heterocycles. The Bertz CT molecular complexity index is 311. The highest BCUT2D eigenvalue weighted by atomic mass is 79.9. The molecule has 0 amide bonds. The van der Waals surface area contributed by atoms with Crippen LogP contribution in [0.3, 0.4) is 0 Å². The maximum absolute atomic E-state index is 4.46. The summed E-state index contributed by atoms with van der Waals surface area (Å²) >= 11 is 3.42. The Morgan fingerprint density at radius 1 is 1.22 bits per heavy atom. The number of unbranched alkanes of at least 4 members (excludes halogenated alkanes) is 3. The van der Waals surface area contributed by atoms with Crippen LogP contribution >= 0.6 is 15.9 Å². The predicted molar refractivity (Wildman–Crippen MR) is 81.9 cm³/mol. The fourth-order valence-electron chi connectivity index (χ4n) is 2.16. The number of likely N-dealkylation sites (N-methyl/N-ethyl adjacent to an activating group) is 1. The molecule has 0 aliphatic rings. The molecule has 0 saturated carbocycles. The zero-order chi connectivity index (χ0) is 13.2. The van der Waals surface area contributed by atoms with Crippen LogP contribution in [0.5, 0.6) is 0 Å². The smallest absolute Gasteiger partial charge is 0.0419 e. The van der Waals surface area contributed by atoms with Gasteiger partial charge < -0.3 is 5.32 Å². The van der Waals surface area contributed by atoms with Crippen molar-refractivity contribution in [3.8, 4) is 0 Å². The number of rotatable bonds is 9. The summed E-state index contributed by atoms with van der Waals surface area (Å²) in [6, 6.07) is 4.75. The molecule has 0 saturated heterocycles. The maximum Gasteiger partial charge on any atom is 0.0419 e. The van der Waals surface area contributed by atoms with Gasteiger partial charge in [-0.15, -0.1) is 0 Å². The Labute approximate surface area is 120 Å². The molecule has 0 aromatic carbocycles. The van der Waals surface area contributed by atoms with E-state index in [-0.39, 0.29) is 0 Å². The zero-order valence-corrected chi connectivity index (χ0v) is 13.2. The highest BCUT2D eigenvalue weighted by Crippen LogP contribution is 2.12. The molecule has 2 nitrogen and oxygen atoms in total. The Morgan fingerprint density at radius 2 is 2.06 bits per heavy atom. The molecule has 0 spiro atoms. The van der Waals surface area contributed by atoms with Crippen molar-refractivity contribution in [3.63, 3.8) is 0 Å². The number of hydrogen-bond acceptors (Lipinski definition) is 2. The standard InChI is InChI=1S/C15H25BrN2/c1-3-5-6-7-8-14(17-4-2)11-15-10-9-13(16)12-18-15/h9-10,12,14,17H,3-8,11H2,1-2H3. The summed E-state index contributed by atoms with van der Waals surface area (Å²) in [7, 11) is 0. The van der Waals surface area contributed by atoms with Crippen LogP contribution in [0, 0.1) is 0 Å². The lowest BCUT2D eigenvalue weighted by Crippen LogP contribution is -2.31. The van der Waals surface area contributed by atoms with Gasteiger partial charge in [0.25, 0.3) is 0 Å². The van der Waals surface area contributed by atoms with E-state index in [2.05, 4.69) is 52.2 Å². The number of nitrogens with one attached hydrogen (secondary N) is 1. The summed E-state index contributed by atoms with van der Waals surface area (Å²) in [5, 5.41) is 3.57. The van der Waals surface area contributed by atoms with Crippen molar-refractivity contribution in [3.05, 3.63) is 28.5 Å². The first-order valence-corrected chi connectivity index (χ1v) is 7.89. The first-order chi connectivity index (χ1) is 8.76. The van der Waals surface area contributed by atoms with Crippen molar-refractivity contribution < 1.29 is 0 Å². The van der Waals surface area contributed by atoms with Crippen molar-refractivity contribution in [2.75, 3.05) is 6.54 Å². The molecular weight excluding hydrogens is 288 g/mol. The molecule has 102 valence electrons. The Morgan fingerprint density at radius 3 is 2.67 bits per heavy atom. The van der Waals surface area contributed by atoms with Gasteiger partial charge in [-0.25, -0.2) is 0 Å². The second-order valence-electron chi connectivity index (χ2n) is 4.78. The van der Waals surface area contributed by atoms with Crippen molar-refractivity contribution in [1.29, 1.82) is 0 Å². The summed E-state index contributed by atoms with van der Waals surface area (Å²) in [4.78, 5) is 4.46. The van der Waals surface area contributed by atoms with Crippen LogP contribution in [0.15, 0.2) is 22.8 Å². The monoisotopic (exact) mass is 312 g/mol. The lowest BCUT2D eigenvalue weighted by Gasteiger charge is -2.17. The molecule has 0 radical (unpaired) electrons. The third kappa shape index (κ3) is 6.50. The fraction of sp³-hybridized carbons (Fsp3) is 0.667. The lowest BCUT2D eigenvalue weighted by molar-refractivity contribution is 0.460. The van der Waals surface area contributed by atoms with Crippen LogP contribution in [-0.2, 0) is 6.42 Å². The van der Waals surface area contributed by atoms with Gasteiger partial charge in [-0.2, -0.15) is 0 Å². The minimum Gasteiger partial charge on any atom is -0.314 e. The highest BCUT2D eigenvalue weighted by molar-refractivity contribution is 9.10. The van der Waals surface area contributed by atoms with Gasteiger partial charge in [0.1, 0.15) is 0 Å². The maximum atomic E-state index is 4.46. The molecule has 18 heavy (non-hydrogen) atoms. The zero-order valence-electron chi connectivity index (χ0n) is 11.6. The van der Waals surface area contributed by atoms with E-state index in [1.165, 1.54) is 37.8 Å². The molecule has 0 bridgehead atoms. The molecule has 1 N–H and O–H groups in total. The van der Waals surface area contributed by atoms with Gasteiger partial charge in [0.2, 0.25) is 0 Å². The quantitative estimate of drug-likeness (QED) is 0.686. The second kappa shape index (κ2) is 9.51. The minimum atomic E-state index is 0.570. The van der Waals surface area contributed by atoms with Gasteiger partial charge >= 0.3 is 0 Å². The highest BCUT2D eigenvalue weighted by Gasteiger charge is 2.08. The van der Waals surface area contributed by atoms with E-state index in [0.717, 1.165) is 17.4 Å². The first kappa shape index (κ1) is 15.6. The van der Waals surface area contributed by atoms with Gasteiger partial charge in [0, 0.05) is 28.8 Å². The first-order valence-electron chi connectivity index (χ1n) is 7.10. The summed E-state index contributed by atoms with van der Waals surface area (Å²) in [6.07, 6.45) is 9.51. The third-order valence-corrected chi connectivity index (χ3v) is 3.61. The summed E-state index contributed by atoms with van der Waals surface area (Å²) < 4.78 is 1.05.